The van der Waals surface area contributed by atoms with Crippen LogP contribution in [0, 0.1) is 0 Å². The first-order valence-corrected chi connectivity index (χ1v) is 8.77. The third-order valence-corrected chi connectivity index (χ3v) is 4.80. The van der Waals surface area contributed by atoms with E-state index in [0.717, 1.165) is 61.8 Å². The number of allylic oxidation sites excluding steroid dienone is 2. The van der Waals surface area contributed by atoms with Crippen molar-refractivity contribution < 1.29 is 4.74 Å². The number of amidine groups is 1. The fourth-order valence-electron chi connectivity index (χ4n) is 3.36. The van der Waals surface area contributed by atoms with E-state index in [-0.39, 0.29) is 0 Å². The van der Waals surface area contributed by atoms with Crippen molar-refractivity contribution in [1.82, 2.24) is 4.90 Å². The van der Waals surface area contributed by atoms with Gasteiger partial charge in [0.25, 0.3) is 0 Å². The van der Waals surface area contributed by atoms with Crippen molar-refractivity contribution in [3.05, 3.63) is 53.1 Å². The number of nitrogens with two attached hydrogens (primary N) is 1. The number of rotatable bonds is 3. The Morgan fingerprint density at radius 2 is 2.08 bits per heavy atom. The molecule has 2 aliphatic rings. The van der Waals surface area contributed by atoms with Crippen LogP contribution < -0.4 is 5.73 Å². The quantitative estimate of drug-likeness (QED) is 0.685. The lowest BCUT2D eigenvalue weighted by atomic mass is 10.0. The van der Waals surface area contributed by atoms with Crippen LogP contribution in [0.4, 0.5) is 0 Å². The maximum atomic E-state index is 5.83. The maximum Gasteiger partial charge on any atom is 0.102 e. The number of morpholine rings is 1. The van der Waals surface area contributed by atoms with Crippen molar-refractivity contribution in [3.8, 4) is 0 Å². The van der Waals surface area contributed by atoms with Crippen LogP contribution in [-0.2, 0) is 11.3 Å². The number of ether oxygens (including phenoxy) is 1. The molecule has 1 aliphatic heterocycles. The molecular formula is C20H27N3O. The van der Waals surface area contributed by atoms with Gasteiger partial charge in [-0.15, -0.1) is 0 Å². The molecule has 128 valence electrons. The predicted octanol–water partition coefficient (Wildman–Crippen LogP) is 3.35. The molecule has 4 heteroatoms. The largest absolute Gasteiger partial charge is 0.378 e. The highest BCUT2D eigenvalue weighted by atomic mass is 16.5. The summed E-state index contributed by atoms with van der Waals surface area (Å²) in [5.74, 6) is 1.05. The molecule has 1 saturated carbocycles. The van der Waals surface area contributed by atoms with Crippen molar-refractivity contribution in [3.63, 3.8) is 0 Å². The number of benzene rings is 1. The number of aliphatic imine (C=N–C) groups is 1. The monoisotopic (exact) mass is 325 g/mol. The Hall–Kier alpha value is -1.91. The van der Waals surface area contributed by atoms with E-state index in [2.05, 4.69) is 42.7 Å². The van der Waals surface area contributed by atoms with Gasteiger partial charge < -0.3 is 15.4 Å². The van der Waals surface area contributed by atoms with E-state index in [0.29, 0.717) is 6.54 Å². The average molecular weight is 325 g/mol. The molecule has 24 heavy (non-hydrogen) atoms. The highest BCUT2D eigenvalue weighted by Gasteiger charge is 2.19. The van der Waals surface area contributed by atoms with Crippen LogP contribution in [0.1, 0.15) is 37.3 Å². The molecule has 0 amide bonds. The molecule has 0 spiro atoms. The molecule has 0 aromatic heterocycles. The summed E-state index contributed by atoms with van der Waals surface area (Å²) in [6.45, 7) is 10.3. The Kier molecular flexibility index (Phi) is 5.48. The lowest BCUT2D eigenvalue weighted by molar-refractivity contribution is 0.0678. The second kappa shape index (κ2) is 7.77. The minimum atomic E-state index is 0.545. The Morgan fingerprint density at radius 1 is 1.29 bits per heavy atom. The zero-order valence-corrected chi connectivity index (χ0v) is 14.6. The summed E-state index contributed by atoms with van der Waals surface area (Å²) in [5, 5.41) is 0. The topological polar surface area (TPSA) is 50.8 Å². The van der Waals surface area contributed by atoms with Gasteiger partial charge in [-0.3, -0.25) is 0 Å². The van der Waals surface area contributed by atoms with Gasteiger partial charge in [-0.2, -0.15) is 0 Å². The summed E-state index contributed by atoms with van der Waals surface area (Å²) in [7, 11) is 0. The molecule has 3 rings (SSSR count). The van der Waals surface area contributed by atoms with Gasteiger partial charge in [-0.1, -0.05) is 24.8 Å². The summed E-state index contributed by atoms with van der Waals surface area (Å²) < 4.78 is 5.45. The van der Waals surface area contributed by atoms with Crippen LogP contribution in [0.5, 0.6) is 0 Å². The predicted molar refractivity (Wildman–Crippen MR) is 99.7 cm³/mol. The molecule has 0 atom stereocenters. The lowest BCUT2D eigenvalue weighted by Gasteiger charge is -2.28. The van der Waals surface area contributed by atoms with Gasteiger partial charge >= 0.3 is 0 Å². The zero-order chi connectivity index (χ0) is 16.9. The van der Waals surface area contributed by atoms with E-state index in [1.165, 1.54) is 17.6 Å². The summed E-state index contributed by atoms with van der Waals surface area (Å²) in [4.78, 5) is 7.34. The van der Waals surface area contributed by atoms with Gasteiger partial charge in [-0.25, -0.2) is 4.99 Å². The summed E-state index contributed by atoms with van der Waals surface area (Å²) in [6, 6.07) is 8.41. The average Bonchev–Trinajstić information content (AvgIpc) is 3.06. The highest BCUT2D eigenvalue weighted by Crippen LogP contribution is 2.36. The summed E-state index contributed by atoms with van der Waals surface area (Å²) >= 11 is 0. The molecule has 2 N–H and O–H groups in total. The molecule has 0 radical (unpaired) electrons. The third-order valence-electron chi connectivity index (χ3n) is 4.80. The smallest absolute Gasteiger partial charge is 0.102 e. The van der Waals surface area contributed by atoms with Crippen LogP contribution in [0.15, 0.2) is 47.0 Å². The number of nitrogens with zero attached hydrogens (tertiary/aromatic N) is 2. The standard InChI is InChI=1S/C20H27N3O/c1-15-5-3-8-19(15)20(18-7-4-6-17(13-18)14-21)22-16(2)23-9-11-24-12-10-23/h4,6-7,13H,1,3,5,8-12,14,21H2,2H3/b20-19-,22-16?. The van der Waals surface area contributed by atoms with Crippen LogP contribution in [0.25, 0.3) is 5.70 Å². The third kappa shape index (κ3) is 3.77. The summed E-state index contributed by atoms with van der Waals surface area (Å²) in [5.41, 5.74) is 11.7. The molecule has 2 fully saturated rings. The fourth-order valence-corrected chi connectivity index (χ4v) is 3.36. The Morgan fingerprint density at radius 3 is 2.75 bits per heavy atom. The SMILES string of the molecule is C=C1CCC/C1=C(/N=C(C)N1CCOCC1)c1cccc(CN)c1. The molecule has 1 aromatic carbocycles. The maximum absolute atomic E-state index is 5.83. The van der Waals surface area contributed by atoms with Crippen LogP contribution in [0.2, 0.25) is 0 Å². The van der Waals surface area contributed by atoms with Crippen LogP contribution in [-0.4, -0.2) is 37.0 Å². The Labute approximate surface area is 144 Å². The van der Waals surface area contributed by atoms with E-state index in [9.17, 15) is 0 Å². The molecule has 0 bridgehead atoms. The molecule has 1 aliphatic carbocycles. The molecule has 4 nitrogen and oxygen atoms in total. The Bertz CT molecular complexity index is 669. The van der Waals surface area contributed by atoms with Gasteiger partial charge in [0.05, 0.1) is 18.9 Å². The van der Waals surface area contributed by atoms with E-state index >= 15 is 0 Å². The van der Waals surface area contributed by atoms with E-state index in [1.807, 2.05) is 0 Å². The second-order valence-corrected chi connectivity index (χ2v) is 6.45. The van der Waals surface area contributed by atoms with Gasteiger partial charge in [0.15, 0.2) is 0 Å². The minimum absolute atomic E-state index is 0.545. The van der Waals surface area contributed by atoms with Crippen LogP contribution >= 0.6 is 0 Å². The summed E-state index contributed by atoms with van der Waals surface area (Å²) in [6.07, 6.45) is 3.29. The molecular weight excluding hydrogens is 298 g/mol. The number of hydrogen-bond acceptors (Lipinski definition) is 3. The van der Waals surface area contributed by atoms with Gasteiger partial charge in [0, 0.05) is 25.2 Å². The van der Waals surface area contributed by atoms with Crippen molar-refractivity contribution in [2.24, 2.45) is 10.7 Å². The first-order valence-electron chi connectivity index (χ1n) is 8.77. The van der Waals surface area contributed by atoms with E-state index in [4.69, 9.17) is 15.5 Å². The molecule has 1 saturated heterocycles. The van der Waals surface area contributed by atoms with Crippen molar-refractivity contribution in [2.75, 3.05) is 26.3 Å². The first-order chi connectivity index (χ1) is 11.7. The van der Waals surface area contributed by atoms with Crippen molar-refractivity contribution >= 4 is 11.5 Å². The lowest BCUT2D eigenvalue weighted by Crippen LogP contribution is -2.39. The highest BCUT2D eigenvalue weighted by molar-refractivity contribution is 5.88. The fraction of sp³-hybridized carbons (Fsp3) is 0.450. The van der Waals surface area contributed by atoms with Crippen molar-refractivity contribution in [1.29, 1.82) is 0 Å². The van der Waals surface area contributed by atoms with E-state index < -0.39 is 0 Å². The van der Waals surface area contributed by atoms with Gasteiger partial charge in [0.2, 0.25) is 0 Å². The van der Waals surface area contributed by atoms with Crippen molar-refractivity contribution in [2.45, 2.75) is 32.7 Å². The first kappa shape index (κ1) is 16.9. The second-order valence-electron chi connectivity index (χ2n) is 6.45. The van der Waals surface area contributed by atoms with E-state index in [1.54, 1.807) is 0 Å². The molecule has 1 heterocycles. The molecule has 1 aromatic rings. The van der Waals surface area contributed by atoms with Gasteiger partial charge in [0.1, 0.15) is 5.84 Å². The minimum Gasteiger partial charge on any atom is -0.378 e. The normalized spacial score (nSPS) is 21.3. The van der Waals surface area contributed by atoms with Gasteiger partial charge in [-0.05, 0) is 49.0 Å². The van der Waals surface area contributed by atoms with Crippen LogP contribution in [0.3, 0.4) is 0 Å². The zero-order valence-electron chi connectivity index (χ0n) is 14.6. The number of hydrogen-bond donors (Lipinski definition) is 1. The molecule has 0 unspecified atom stereocenters. The Balaban J connectivity index is 2.01.